The summed E-state index contributed by atoms with van der Waals surface area (Å²) in [7, 11) is -4.01. The number of hydrogen-bond acceptors (Lipinski definition) is 6. The van der Waals surface area contributed by atoms with E-state index < -0.39 is 26.5 Å². The zero-order valence-corrected chi connectivity index (χ0v) is 12.0. The Morgan fingerprint density at radius 3 is 2.67 bits per heavy atom. The van der Waals surface area contributed by atoms with E-state index in [1.54, 1.807) is 0 Å². The van der Waals surface area contributed by atoms with Crippen LogP contribution in [0.25, 0.3) is 0 Å². The van der Waals surface area contributed by atoms with Crippen molar-refractivity contribution in [1.82, 2.24) is 4.72 Å². The minimum atomic E-state index is -4.01. The molecule has 0 aromatic heterocycles. The summed E-state index contributed by atoms with van der Waals surface area (Å²) < 4.78 is 44.4. The second kappa shape index (κ2) is 7.41. The number of sulfonamides is 1. The van der Waals surface area contributed by atoms with Crippen LogP contribution in [0.1, 0.15) is 5.56 Å². The fraction of sp³-hybridized carbons (Fsp3) is 0.455. The highest BCUT2D eigenvalue weighted by atomic mass is 32.2. The van der Waals surface area contributed by atoms with E-state index in [0.717, 1.165) is 6.07 Å². The van der Waals surface area contributed by atoms with E-state index in [2.05, 4.69) is 4.72 Å². The Kier molecular flexibility index (Phi) is 6.15. The lowest BCUT2D eigenvalue weighted by molar-refractivity contribution is -0.387. The molecule has 10 heteroatoms. The Hall–Kier alpha value is -1.62. The topological polar surface area (TPSA) is 119 Å². The molecule has 0 aliphatic rings. The van der Waals surface area contributed by atoms with Crippen molar-refractivity contribution < 1.29 is 27.6 Å². The van der Waals surface area contributed by atoms with Gasteiger partial charge in [-0.15, -0.1) is 0 Å². The van der Waals surface area contributed by atoms with Crippen molar-refractivity contribution in [3.63, 3.8) is 0 Å². The lowest BCUT2D eigenvalue weighted by Gasteiger charge is -2.09. The molecule has 0 heterocycles. The quantitative estimate of drug-likeness (QED) is 0.404. The molecule has 2 N–H and O–H groups in total. The van der Waals surface area contributed by atoms with Crippen molar-refractivity contribution in [2.24, 2.45) is 0 Å². The first-order valence-corrected chi connectivity index (χ1v) is 7.40. The van der Waals surface area contributed by atoms with Gasteiger partial charge in [0.25, 0.3) is 0 Å². The summed E-state index contributed by atoms with van der Waals surface area (Å²) in [5.41, 5.74) is -0.848. The number of ether oxygens (including phenoxy) is 1. The van der Waals surface area contributed by atoms with Gasteiger partial charge in [0, 0.05) is 12.6 Å². The monoisotopic (exact) mass is 322 g/mol. The Balaban J connectivity index is 2.92. The third kappa shape index (κ3) is 4.70. The molecular weight excluding hydrogens is 307 g/mol. The normalized spacial score (nSPS) is 11.6. The number of nitro benzene ring substituents is 1. The average molecular weight is 322 g/mol. The molecule has 0 fully saturated rings. The van der Waals surface area contributed by atoms with Gasteiger partial charge in [0.15, 0.2) is 0 Å². The molecule has 21 heavy (non-hydrogen) atoms. The van der Waals surface area contributed by atoms with Crippen molar-refractivity contribution in [3.8, 4) is 0 Å². The summed E-state index contributed by atoms with van der Waals surface area (Å²) in [5, 5.41) is 19.1. The summed E-state index contributed by atoms with van der Waals surface area (Å²) in [5.74, 6) is -1.09. The van der Waals surface area contributed by atoms with Crippen molar-refractivity contribution in [2.75, 3.05) is 26.4 Å². The van der Waals surface area contributed by atoms with Crippen molar-refractivity contribution in [1.29, 1.82) is 0 Å². The number of nitro groups is 1. The van der Waals surface area contributed by atoms with E-state index in [4.69, 9.17) is 9.84 Å². The van der Waals surface area contributed by atoms with Crippen molar-refractivity contribution >= 4 is 15.7 Å². The first kappa shape index (κ1) is 17.4. The average Bonchev–Trinajstić information content (AvgIpc) is 2.37. The first-order valence-electron chi connectivity index (χ1n) is 5.92. The van der Waals surface area contributed by atoms with Crippen LogP contribution in [-0.4, -0.2) is 44.8 Å². The van der Waals surface area contributed by atoms with Gasteiger partial charge in [0.2, 0.25) is 15.8 Å². The Bertz CT molecular complexity index is 619. The number of benzene rings is 1. The predicted molar refractivity (Wildman–Crippen MR) is 70.9 cm³/mol. The van der Waals surface area contributed by atoms with Gasteiger partial charge in [-0.2, -0.15) is 4.39 Å². The summed E-state index contributed by atoms with van der Waals surface area (Å²) in [6.45, 7) is 1.18. The van der Waals surface area contributed by atoms with E-state index in [1.165, 1.54) is 6.92 Å². The van der Waals surface area contributed by atoms with Gasteiger partial charge in [-0.05, 0) is 18.6 Å². The highest BCUT2D eigenvalue weighted by molar-refractivity contribution is 7.89. The fourth-order valence-electron chi connectivity index (χ4n) is 1.56. The predicted octanol–water partition coefficient (Wildman–Crippen LogP) is 0.330. The molecule has 0 saturated heterocycles. The number of halogens is 1. The van der Waals surface area contributed by atoms with E-state index >= 15 is 0 Å². The number of aliphatic hydroxyl groups excluding tert-OH is 1. The fourth-order valence-corrected chi connectivity index (χ4v) is 2.82. The van der Waals surface area contributed by atoms with Gasteiger partial charge in [0.05, 0.1) is 29.6 Å². The van der Waals surface area contributed by atoms with Gasteiger partial charge in [-0.25, -0.2) is 13.1 Å². The molecule has 0 atom stereocenters. The number of aryl methyl sites for hydroxylation is 1. The highest BCUT2D eigenvalue weighted by Crippen LogP contribution is 2.25. The van der Waals surface area contributed by atoms with E-state index in [9.17, 15) is 22.9 Å². The van der Waals surface area contributed by atoms with Crippen LogP contribution in [0.5, 0.6) is 0 Å². The number of hydrogen-bond donors (Lipinski definition) is 2. The van der Waals surface area contributed by atoms with E-state index in [-0.39, 0.29) is 36.8 Å². The lowest BCUT2D eigenvalue weighted by Crippen LogP contribution is -2.28. The number of rotatable bonds is 8. The molecule has 0 aliphatic heterocycles. The summed E-state index contributed by atoms with van der Waals surface area (Å²) >= 11 is 0. The number of nitrogens with zero attached hydrogens (tertiary/aromatic N) is 1. The molecule has 1 rings (SSSR count). The van der Waals surface area contributed by atoms with Crippen LogP contribution in [0.4, 0.5) is 10.1 Å². The zero-order valence-electron chi connectivity index (χ0n) is 11.2. The smallest absolute Gasteiger partial charge is 0.306 e. The molecule has 1 aromatic carbocycles. The molecule has 1 aromatic rings. The third-order valence-corrected chi connectivity index (χ3v) is 4.11. The van der Waals surface area contributed by atoms with Gasteiger partial charge in [-0.1, -0.05) is 0 Å². The van der Waals surface area contributed by atoms with E-state index in [1.807, 2.05) is 0 Å². The molecule has 0 spiro atoms. The molecule has 0 saturated carbocycles. The molecule has 0 radical (unpaired) electrons. The zero-order chi connectivity index (χ0) is 16.0. The standard InChI is InChI=1S/C11H15FN2O6S/c1-8-6-9(12)10(14(16)17)7-11(8)21(18,19)13-2-4-20-5-3-15/h6-7,13,15H,2-5H2,1H3. The van der Waals surface area contributed by atoms with Gasteiger partial charge >= 0.3 is 5.69 Å². The van der Waals surface area contributed by atoms with Crippen LogP contribution < -0.4 is 4.72 Å². The maximum absolute atomic E-state index is 13.4. The van der Waals surface area contributed by atoms with Crippen LogP contribution in [0.15, 0.2) is 17.0 Å². The Morgan fingerprint density at radius 2 is 2.10 bits per heavy atom. The summed E-state index contributed by atoms with van der Waals surface area (Å²) in [6.07, 6.45) is 0. The molecule has 0 aliphatic carbocycles. The first-order chi connectivity index (χ1) is 9.79. The molecule has 0 amide bonds. The van der Waals surface area contributed by atoms with E-state index in [0.29, 0.717) is 6.07 Å². The maximum Gasteiger partial charge on any atom is 0.306 e. The molecule has 0 bridgehead atoms. The van der Waals surface area contributed by atoms with Gasteiger partial charge < -0.3 is 9.84 Å². The summed E-state index contributed by atoms with van der Waals surface area (Å²) in [6, 6.07) is 1.48. The largest absolute Gasteiger partial charge is 0.394 e. The number of aliphatic hydroxyl groups is 1. The lowest BCUT2D eigenvalue weighted by atomic mass is 10.2. The second-order valence-electron chi connectivity index (χ2n) is 4.06. The van der Waals surface area contributed by atoms with Gasteiger partial charge in [0.1, 0.15) is 0 Å². The summed E-state index contributed by atoms with van der Waals surface area (Å²) in [4.78, 5) is 9.30. The molecule has 118 valence electrons. The third-order valence-electron chi connectivity index (χ3n) is 2.50. The second-order valence-corrected chi connectivity index (χ2v) is 5.80. The maximum atomic E-state index is 13.4. The van der Waals surface area contributed by atoms with Crippen LogP contribution >= 0.6 is 0 Å². The molecular formula is C11H15FN2O6S. The Morgan fingerprint density at radius 1 is 1.43 bits per heavy atom. The molecule has 0 unspecified atom stereocenters. The van der Waals surface area contributed by atoms with Crippen LogP contribution in [0.3, 0.4) is 0 Å². The minimum absolute atomic E-state index is 0.0299. The van der Waals surface area contributed by atoms with Crippen LogP contribution in [-0.2, 0) is 14.8 Å². The number of nitrogens with one attached hydrogen (secondary N) is 1. The molecule has 8 nitrogen and oxygen atoms in total. The van der Waals surface area contributed by atoms with Gasteiger partial charge in [-0.3, -0.25) is 10.1 Å². The van der Waals surface area contributed by atoms with Crippen molar-refractivity contribution in [3.05, 3.63) is 33.6 Å². The van der Waals surface area contributed by atoms with Crippen LogP contribution in [0.2, 0.25) is 0 Å². The van der Waals surface area contributed by atoms with Crippen LogP contribution in [0, 0.1) is 22.9 Å². The Labute approximate surface area is 120 Å². The highest BCUT2D eigenvalue weighted by Gasteiger charge is 2.23. The van der Waals surface area contributed by atoms with Crippen molar-refractivity contribution in [2.45, 2.75) is 11.8 Å². The SMILES string of the molecule is Cc1cc(F)c([N+](=O)[O-])cc1S(=O)(=O)NCCOCCO. The minimum Gasteiger partial charge on any atom is -0.394 e.